The maximum atomic E-state index is 11.9. The highest BCUT2D eigenvalue weighted by molar-refractivity contribution is 8.13. The summed E-state index contributed by atoms with van der Waals surface area (Å²) < 4.78 is 34.9. The molecule has 0 unspecified atom stereocenters. The first kappa shape index (κ1) is 10.5. The van der Waals surface area contributed by atoms with E-state index in [0.717, 1.165) is 0 Å². The molecule has 13 heavy (non-hydrogen) atoms. The third-order valence-corrected chi connectivity index (χ3v) is 2.90. The van der Waals surface area contributed by atoms with Gasteiger partial charge in [0, 0.05) is 16.9 Å². The Morgan fingerprint density at radius 1 is 1.69 bits per heavy atom. The molecule has 7 heteroatoms. The monoisotopic (exact) mass is 226 g/mol. The summed E-state index contributed by atoms with van der Waals surface area (Å²) in [6, 6.07) is 0. The van der Waals surface area contributed by atoms with Gasteiger partial charge in [-0.15, -0.1) is 0 Å². The smallest absolute Gasteiger partial charge is 0.264 e. The van der Waals surface area contributed by atoms with Crippen molar-refractivity contribution in [3.8, 4) is 0 Å². The lowest BCUT2D eigenvalue weighted by Crippen LogP contribution is -1.99. The molecular weight excluding hydrogens is 219 g/mol. The van der Waals surface area contributed by atoms with Crippen LogP contribution in [0.3, 0.4) is 0 Å². The van der Waals surface area contributed by atoms with Crippen LogP contribution >= 0.6 is 10.7 Å². The van der Waals surface area contributed by atoms with Crippen LogP contribution in [0.15, 0.2) is 11.1 Å². The van der Waals surface area contributed by atoms with Gasteiger partial charge in [-0.25, -0.2) is 12.8 Å². The van der Waals surface area contributed by atoms with Crippen LogP contribution in [0.25, 0.3) is 0 Å². The number of nitrogens with zero attached hydrogens (tertiary/aromatic N) is 2. The molecule has 0 radical (unpaired) electrons. The Bertz CT molecular complexity index is 401. The van der Waals surface area contributed by atoms with Crippen molar-refractivity contribution in [3.05, 3.63) is 11.9 Å². The number of alkyl halides is 1. The van der Waals surface area contributed by atoms with Crippen LogP contribution in [-0.2, 0) is 15.6 Å². The maximum absolute atomic E-state index is 11.9. The number of aryl methyl sites for hydroxylation is 2. The summed E-state index contributed by atoms with van der Waals surface area (Å²) in [5.74, 6) is 0. The van der Waals surface area contributed by atoms with E-state index in [1.165, 1.54) is 17.8 Å². The van der Waals surface area contributed by atoms with Crippen molar-refractivity contribution in [3.63, 3.8) is 0 Å². The van der Waals surface area contributed by atoms with Crippen molar-refractivity contribution in [2.45, 2.75) is 18.4 Å². The van der Waals surface area contributed by atoms with Gasteiger partial charge < -0.3 is 0 Å². The second-order valence-corrected chi connectivity index (χ2v) is 5.00. The lowest BCUT2D eigenvalue weighted by atomic mass is 10.5. The predicted molar refractivity (Wildman–Crippen MR) is 46.0 cm³/mol. The summed E-state index contributed by atoms with van der Waals surface area (Å²) in [6.45, 7) is 0.945. The second kappa shape index (κ2) is 3.63. The molecule has 74 valence electrons. The number of rotatable bonds is 3. The first-order chi connectivity index (χ1) is 5.95. The molecule has 0 N–H and O–H groups in total. The van der Waals surface area contributed by atoms with Crippen LogP contribution in [0, 0.1) is 6.92 Å². The van der Waals surface area contributed by atoms with E-state index in [1.807, 2.05) is 0 Å². The van der Waals surface area contributed by atoms with Gasteiger partial charge in [-0.3, -0.25) is 4.68 Å². The van der Waals surface area contributed by atoms with Crippen molar-refractivity contribution in [2.24, 2.45) is 0 Å². The lowest BCUT2D eigenvalue weighted by molar-refractivity contribution is 0.426. The van der Waals surface area contributed by atoms with Gasteiger partial charge in [-0.2, -0.15) is 5.10 Å². The molecule has 0 aliphatic heterocycles. The van der Waals surface area contributed by atoms with Gasteiger partial charge in [0.15, 0.2) is 0 Å². The Balaban J connectivity index is 3.11. The van der Waals surface area contributed by atoms with Gasteiger partial charge in [-0.1, -0.05) is 0 Å². The van der Waals surface area contributed by atoms with Crippen LogP contribution < -0.4 is 0 Å². The Morgan fingerprint density at radius 2 is 2.31 bits per heavy atom. The van der Waals surface area contributed by atoms with Gasteiger partial charge in [0.05, 0.1) is 12.2 Å². The third kappa shape index (κ3) is 2.41. The summed E-state index contributed by atoms with van der Waals surface area (Å²) in [7, 11) is 1.34. The van der Waals surface area contributed by atoms with E-state index < -0.39 is 15.7 Å². The van der Waals surface area contributed by atoms with Crippen LogP contribution in [0.4, 0.5) is 4.39 Å². The SMILES string of the molecule is Cc1nn(CCF)cc1S(=O)(=O)Cl. The fourth-order valence-electron chi connectivity index (χ4n) is 0.940. The van der Waals surface area contributed by atoms with E-state index in [9.17, 15) is 12.8 Å². The molecule has 0 atom stereocenters. The van der Waals surface area contributed by atoms with E-state index in [4.69, 9.17) is 10.7 Å². The minimum Gasteiger partial charge on any atom is -0.268 e. The molecule has 4 nitrogen and oxygen atoms in total. The Kier molecular flexibility index (Phi) is 2.92. The Morgan fingerprint density at radius 3 is 2.69 bits per heavy atom. The molecule has 0 saturated heterocycles. The van der Waals surface area contributed by atoms with E-state index >= 15 is 0 Å². The second-order valence-electron chi connectivity index (χ2n) is 2.47. The molecule has 0 amide bonds. The Hall–Kier alpha value is -0.620. The molecule has 1 aromatic rings. The van der Waals surface area contributed by atoms with Gasteiger partial charge >= 0.3 is 0 Å². The molecule has 1 rings (SSSR count). The fraction of sp³-hybridized carbons (Fsp3) is 0.500. The standard InChI is InChI=1S/C6H8ClFN2O2S/c1-5-6(13(7,11)12)4-10(9-5)3-2-8/h4H,2-3H2,1H3. The van der Waals surface area contributed by atoms with E-state index in [2.05, 4.69) is 5.10 Å². The Labute approximate surface area is 79.7 Å². The van der Waals surface area contributed by atoms with Crippen molar-refractivity contribution >= 4 is 19.7 Å². The fourth-order valence-corrected chi connectivity index (χ4v) is 2.04. The quantitative estimate of drug-likeness (QED) is 0.725. The molecular formula is C6H8ClFN2O2S. The van der Waals surface area contributed by atoms with E-state index in [0.29, 0.717) is 0 Å². The van der Waals surface area contributed by atoms with E-state index in [1.54, 1.807) is 0 Å². The lowest BCUT2D eigenvalue weighted by Gasteiger charge is -1.92. The van der Waals surface area contributed by atoms with Crippen molar-refractivity contribution in [2.75, 3.05) is 6.67 Å². The first-order valence-electron chi connectivity index (χ1n) is 3.50. The van der Waals surface area contributed by atoms with Gasteiger partial charge in [0.2, 0.25) is 0 Å². The number of hydrogen-bond donors (Lipinski definition) is 0. The topological polar surface area (TPSA) is 52.0 Å². The zero-order valence-corrected chi connectivity index (χ0v) is 8.44. The van der Waals surface area contributed by atoms with Crippen molar-refractivity contribution in [1.29, 1.82) is 0 Å². The summed E-state index contributed by atoms with van der Waals surface area (Å²) in [5, 5.41) is 3.78. The summed E-state index contributed by atoms with van der Waals surface area (Å²) >= 11 is 0. The highest BCUT2D eigenvalue weighted by Crippen LogP contribution is 2.17. The molecule has 0 saturated carbocycles. The van der Waals surface area contributed by atoms with Crippen molar-refractivity contribution in [1.82, 2.24) is 9.78 Å². The van der Waals surface area contributed by atoms with Crippen molar-refractivity contribution < 1.29 is 12.8 Å². The normalized spacial score (nSPS) is 11.9. The zero-order valence-electron chi connectivity index (χ0n) is 6.87. The maximum Gasteiger partial charge on any atom is 0.264 e. The largest absolute Gasteiger partial charge is 0.268 e. The third-order valence-electron chi connectivity index (χ3n) is 1.48. The highest BCUT2D eigenvalue weighted by Gasteiger charge is 2.16. The van der Waals surface area contributed by atoms with Crippen LogP contribution in [0.5, 0.6) is 0 Å². The first-order valence-corrected chi connectivity index (χ1v) is 5.81. The highest BCUT2D eigenvalue weighted by atomic mass is 35.7. The molecule has 1 aromatic heterocycles. The number of hydrogen-bond acceptors (Lipinski definition) is 3. The van der Waals surface area contributed by atoms with Gasteiger partial charge in [0.25, 0.3) is 9.05 Å². The summed E-state index contributed by atoms with van der Waals surface area (Å²) in [4.78, 5) is -0.0670. The van der Waals surface area contributed by atoms with Gasteiger partial charge in [0.1, 0.15) is 11.6 Å². The molecule has 1 heterocycles. The summed E-state index contributed by atoms with van der Waals surface area (Å²) in [5.41, 5.74) is 0.281. The van der Waals surface area contributed by atoms with E-state index in [-0.39, 0.29) is 17.1 Å². The molecule has 0 spiro atoms. The predicted octanol–water partition coefficient (Wildman–Crippen LogP) is 1.09. The molecule has 0 bridgehead atoms. The zero-order chi connectivity index (χ0) is 10.1. The van der Waals surface area contributed by atoms with Crippen LogP contribution in [-0.4, -0.2) is 24.9 Å². The minimum absolute atomic E-state index is 0.0350. The molecule has 0 aliphatic carbocycles. The van der Waals surface area contributed by atoms with Crippen LogP contribution in [0.2, 0.25) is 0 Å². The molecule has 0 aliphatic rings. The summed E-state index contributed by atoms with van der Waals surface area (Å²) in [6.07, 6.45) is 1.22. The molecule has 0 fully saturated rings. The number of halogens is 2. The minimum atomic E-state index is -3.76. The van der Waals surface area contributed by atoms with Crippen LogP contribution in [0.1, 0.15) is 5.69 Å². The molecule has 0 aromatic carbocycles. The van der Waals surface area contributed by atoms with Gasteiger partial charge in [-0.05, 0) is 6.92 Å². The number of aromatic nitrogens is 2. The average Bonchev–Trinajstić information content (AvgIpc) is 2.30. The average molecular weight is 227 g/mol.